The molecule has 1 unspecified atom stereocenters. The van der Waals surface area contributed by atoms with E-state index in [9.17, 15) is 9.59 Å². The van der Waals surface area contributed by atoms with Gasteiger partial charge in [0.25, 0.3) is 0 Å². The van der Waals surface area contributed by atoms with E-state index in [-0.39, 0.29) is 5.78 Å². The Labute approximate surface area is 118 Å². The first-order valence-electron chi connectivity index (χ1n) is 6.22. The molecule has 5 nitrogen and oxygen atoms in total. The minimum atomic E-state index is -0.780. The molecule has 1 aromatic carbocycles. The molecule has 0 spiro atoms. The maximum absolute atomic E-state index is 11.3. The molecule has 0 heterocycles. The van der Waals surface area contributed by atoms with Crippen molar-refractivity contribution in [2.24, 2.45) is 0 Å². The number of hydrogen-bond acceptors (Lipinski definition) is 4. The number of carbonyl (C=O) groups excluding carboxylic acids is 2. The fourth-order valence-corrected chi connectivity index (χ4v) is 1.64. The van der Waals surface area contributed by atoms with Crippen molar-refractivity contribution in [2.45, 2.75) is 39.2 Å². The van der Waals surface area contributed by atoms with E-state index >= 15 is 0 Å². The van der Waals surface area contributed by atoms with E-state index in [2.05, 4.69) is 0 Å². The normalized spacial score (nSPS) is 12.3. The molecule has 0 aliphatic heterocycles. The zero-order valence-electron chi connectivity index (χ0n) is 12.1. The van der Waals surface area contributed by atoms with Crippen molar-refractivity contribution in [3.8, 4) is 6.07 Å². The molecule has 5 heteroatoms. The topological polar surface area (TPSA) is 70.4 Å². The molecule has 0 bridgehead atoms. The van der Waals surface area contributed by atoms with Gasteiger partial charge in [-0.05, 0) is 45.4 Å². The molecule has 106 valence electrons. The van der Waals surface area contributed by atoms with Gasteiger partial charge < -0.3 is 0 Å². The number of benzene rings is 1. The van der Waals surface area contributed by atoms with Crippen LogP contribution in [0.15, 0.2) is 24.3 Å². The largest absolute Gasteiger partial charge is 0.298 e. The van der Waals surface area contributed by atoms with Gasteiger partial charge in [-0.15, -0.1) is 0 Å². The van der Waals surface area contributed by atoms with Crippen LogP contribution in [0.25, 0.3) is 0 Å². The fourth-order valence-electron chi connectivity index (χ4n) is 1.64. The molecule has 0 radical (unpaired) electrons. The lowest BCUT2D eigenvalue weighted by Crippen LogP contribution is -2.33. The first kappa shape index (κ1) is 15.9. The van der Waals surface area contributed by atoms with Gasteiger partial charge in [0.2, 0.25) is 6.41 Å². The van der Waals surface area contributed by atoms with E-state index in [1.54, 1.807) is 24.3 Å². The second-order valence-electron chi connectivity index (χ2n) is 5.40. The molecule has 1 aromatic rings. The zero-order valence-corrected chi connectivity index (χ0v) is 12.1. The molecule has 20 heavy (non-hydrogen) atoms. The highest BCUT2D eigenvalue weighted by Crippen LogP contribution is 2.22. The third kappa shape index (κ3) is 4.18. The lowest BCUT2D eigenvalue weighted by Gasteiger charge is -2.26. The van der Waals surface area contributed by atoms with Crippen LogP contribution in [0.1, 0.15) is 39.2 Å². The van der Waals surface area contributed by atoms with Crippen LogP contribution in [0, 0.1) is 11.3 Å². The van der Waals surface area contributed by atoms with Gasteiger partial charge in [-0.3, -0.25) is 14.4 Å². The van der Waals surface area contributed by atoms with Crippen LogP contribution in [0.3, 0.4) is 0 Å². The Balaban J connectivity index is 2.98. The summed E-state index contributed by atoms with van der Waals surface area (Å²) in [5, 5.41) is 10.1. The summed E-state index contributed by atoms with van der Waals surface area (Å²) in [6.07, 6.45) is 0.576. The highest BCUT2D eigenvalue weighted by atomic mass is 16.7. The second kappa shape index (κ2) is 6.31. The highest BCUT2D eigenvalue weighted by molar-refractivity contribution is 5.86. The van der Waals surface area contributed by atoms with Gasteiger partial charge in [-0.2, -0.15) is 10.3 Å². The first-order valence-corrected chi connectivity index (χ1v) is 6.22. The van der Waals surface area contributed by atoms with Crippen LogP contribution in [0.2, 0.25) is 0 Å². The van der Waals surface area contributed by atoms with Crippen LogP contribution in [0.4, 0.5) is 5.69 Å². The standard InChI is InChI=1S/C15H18N2O3/c1-11(19)14(9-16)12-5-7-13(8-6-12)17(10-18)20-15(2,3)4/h5-8,10,14H,1-4H3. The van der Waals surface area contributed by atoms with Crippen molar-refractivity contribution in [3.05, 3.63) is 29.8 Å². The number of hydrogen-bond donors (Lipinski definition) is 0. The van der Waals surface area contributed by atoms with Gasteiger partial charge in [-0.1, -0.05) is 12.1 Å². The summed E-state index contributed by atoms with van der Waals surface area (Å²) >= 11 is 0. The van der Waals surface area contributed by atoms with Gasteiger partial charge >= 0.3 is 0 Å². The fraction of sp³-hybridized carbons (Fsp3) is 0.400. The number of nitriles is 1. The van der Waals surface area contributed by atoms with Crippen LogP contribution < -0.4 is 5.06 Å². The number of anilines is 1. The molecule has 0 saturated carbocycles. The first-order chi connectivity index (χ1) is 9.28. The Morgan fingerprint density at radius 1 is 1.35 bits per heavy atom. The summed E-state index contributed by atoms with van der Waals surface area (Å²) in [6, 6.07) is 8.53. The Morgan fingerprint density at radius 3 is 2.25 bits per heavy atom. The van der Waals surface area contributed by atoms with E-state index in [4.69, 9.17) is 10.1 Å². The third-order valence-electron chi connectivity index (χ3n) is 2.48. The molecule has 0 aliphatic carbocycles. The van der Waals surface area contributed by atoms with Gasteiger partial charge in [0.1, 0.15) is 5.92 Å². The van der Waals surface area contributed by atoms with Crippen LogP contribution >= 0.6 is 0 Å². The average Bonchev–Trinajstić information content (AvgIpc) is 2.36. The van der Waals surface area contributed by atoms with Crippen molar-refractivity contribution in [1.29, 1.82) is 5.26 Å². The Hall–Kier alpha value is -2.19. The number of Topliss-reactive ketones (excluding diaryl/α,β-unsaturated/α-hetero) is 1. The number of amides is 1. The molecule has 1 rings (SSSR count). The minimum Gasteiger partial charge on any atom is -0.298 e. The summed E-state index contributed by atoms with van der Waals surface area (Å²) in [4.78, 5) is 27.9. The van der Waals surface area contributed by atoms with Crippen molar-refractivity contribution in [1.82, 2.24) is 0 Å². The van der Waals surface area contributed by atoms with E-state index in [0.717, 1.165) is 5.06 Å². The van der Waals surface area contributed by atoms with Gasteiger partial charge in [0, 0.05) is 0 Å². The minimum absolute atomic E-state index is 0.210. The quantitative estimate of drug-likeness (QED) is 0.611. The predicted molar refractivity (Wildman–Crippen MR) is 74.9 cm³/mol. The van der Waals surface area contributed by atoms with Crippen LogP contribution in [-0.4, -0.2) is 17.8 Å². The number of nitrogens with zero attached hydrogens (tertiary/aromatic N) is 2. The Kier molecular flexibility index (Phi) is 5.00. The van der Waals surface area contributed by atoms with Crippen molar-refractivity contribution in [3.63, 3.8) is 0 Å². The zero-order chi connectivity index (χ0) is 15.3. The molecule has 0 saturated heterocycles. The number of rotatable bonds is 5. The third-order valence-corrected chi connectivity index (χ3v) is 2.48. The molecule has 0 fully saturated rings. The molecule has 0 aromatic heterocycles. The van der Waals surface area contributed by atoms with E-state index in [1.807, 2.05) is 26.8 Å². The van der Waals surface area contributed by atoms with E-state index in [0.29, 0.717) is 17.7 Å². The van der Waals surface area contributed by atoms with E-state index < -0.39 is 11.5 Å². The summed E-state index contributed by atoms with van der Waals surface area (Å²) in [7, 11) is 0. The van der Waals surface area contributed by atoms with Crippen molar-refractivity contribution < 1.29 is 14.4 Å². The van der Waals surface area contributed by atoms with Crippen LogP contribution in [-0.2, 0) is 14.4 Å². The number of carbonyl (C=O) groups is 2. The summed E-state index contributed by atoms with van der Waals surface area (Å²) < 4.78 is 0. The maximum Gasteiger partial charge on any atom is 0.238 e. The molecule has 0 aliphatic rings. The summed E-state index contributed by atoms with van der Waals surface area (Å²) in [5.74, 6) is -0.990. The van der Waals surface area contributed by atoms with E-state index in [1.165, 1.54) is 6.92 Å². The number of ketones is 1. The molecular formula is C15H18N2O3. The average molecular weight is 274 g/mol. The summed E-state index contributed by atoms with van der Waals surface area (Å²) in [5.41, 5.74) is 0.637. The Morgan fingerprint density at radius 2 is 1.90 bits per heavy atom. The lowest BCUT2D eigenvalue weighted by atomic mass is 9.97. The second-order valence-corrected chi connectivity index (χ2v) is 5.40. The van der Waals surface area contributed by atoms with Gasteiger partial charge in [-0.25, -0.2) is 0 Å². The maximum atomic E-state index is 11.3. The monoisotopic (exact) mass is 274 g/mol. The molecular weight excluding hydrogens is 256 g/mol. The molecule has 1 atom stereocenters. The van der Waals surface area contributed by atoms with Crippen molar-refractivity contribution in [2.75, 3.05) is 5.06 Å². The SMILES string of the molecule is CC(=O)C(C#N)c1ccc(N(C=O)OC(C)(C)C)cc1. The van der Waals surface area contributed by atoms with Gasteiger partial charge in [0.15, 0.2) is 5.78 Å². The number of hydroxylamine groups is 1. The smallest absolute Gasteiger partial charge is 0.238 e. The molecule has 1 amide bonds. The van der Waals surface area contributed by atoms with Crippen molar-refractivity contribution >= 4 is 17.9 Å². The molecule has 0 N–H and O–H groups in total. The lowest BCUT2D eigenvalue weighted by molar-refractivity contribution is -0.120. The van der Waals surface area contributed by atoms with Gasteiger partial charge in [0.05, 0.1) is 17.4 Å². The van der Waals surface area contributed by atoms with Crippen LogP contribution in [0.5, 0.6) is 0 Å². The Bertz CT molecular complexity index is 524. The summed E-state index contributed by atoms with van der Waals surface area (Å²) in [6.45, 7) is 6.88. The predicted octanol–water partition coefficient (Wildman–Crippen LogP) is 2.58. The highest BCUT2D eigenvalue weighted by Gasteiger charge is 2.19.